The molecule has 0 atom stereocenters. The molecule has 7 rings (SSSR count). The van der Waals surface area contributed by atoms with E-state index in [0.29, 0.717) is 34.8 Å². The van der Waals surface area contributed by atoms with Crippen molar-refractivity contribution in [3.8, 4) is 28.4 Å². The molecule has 38 heavy (non-hydrogen) atoms. The molecular formula is C30H25N3O5. The summed E-state index contributed by atoms with van der Waals surface area (Å²) < 4.78 is 25.6. The molecule has 1 aliphatic heterocycles. The number of aryl methyl sites for hydroxylation is 1. The van der Waals surface area contributed by atoms with E-state index in [9.17, 15) is 4.79 Å². The zero-order valence-corrected chi connectivity index (χ0v) is 21.0. The molecule has 190 valence electrons. The molecule has 0 saturated carbocycles. The number of pyridine rings is 1. The van der Waals surface area contributed by atoms with Crippen molar-refractivity contribution in [3.05, 3.63) is 82.1 Å². The van der Waals surface area contributed by atoms with Crippen molar-refractivity contribution in [1.82, 2.24) is 14.8 Å². The number of nitrogens with one attached hydrogen (secondary N) is 1. The summed E-state index contributed by atoms with van der Waals surface area (Å²) in [5.41, 5.74) is 6.76. The maximum Gasteiger partial charge on any atom is 0.182 e. The first-order valence-electron chi connectivity index (χ1n) is 12.6. The summed E-state index contributed by atoms with van der Waals surface area (Å²) >= 11 is 0. The summed E-state index contributed by atoms with van der Waals surface area (Å²) in [6.07, 6.45) is 3.64. The van der Waals surface area contributed by atoms with Crippen LogP contribution in [0.2, 0.25) is 0 Å². The first kappa shape index (κ1) is 22.5. The Bertz CT molecular complexity index is 1910. The van der Waals surface area contributed by atoms with Crippen LogP contribution in [0.3, 0.4) is 0 Å². The van der Waals surface area contributed by atoms with Crippen molar-refractivity contribution in [3.63, 3.8) is 0 Å². The minimum absolute atomic E-state index is 0.104. The first-order chi connectivity index (χ1) is 18.6. The van der Waals surface area contributed by atoms with Crippen molar-refractivity contribution in [2.45, 2.75) is 12.8 Å². The van der Waals surface area contributed by atoms with Crippen molar-refractivity contribution < 1.29 is 18.6 Å². The second-order valence-electron chi connectivity index (χ2n) is 9.50. The number of furan rings is 1. The third-order valence-corrected chi connectivity index (χ3v) is 7.17. The van der Waals surface area contributed by atoms with Crippen molar-refractivity contribution >= 4 is 33.1 Å². The van der Waals surface area contributed by atoms with E-state index in [0.717, 1.165) is 52.7 Å². The van der Waals surface area contributed by atoms with E-state index < -0.39 is 0 Å². The van der Waals surface area contributed by atoms with Gasteiger partial charge in [-0.05, 0) is 47.0 Å². The molecule has 0 saturated heterocycles. The lowest BCUT2D eigenvalue weighted by molar-refractivity contribution is 0.298. The SMILES string of the molecule is COc1cc(-c2c3c[nH]n(C)c3nc3c2oc2cc(=O)ccc23)ccc1OCCc1ccc2c(c1)CCO2. The summed E-state index contributed by atoms with van der Waals surface area (Å²) in [7, 11) is 3.55. The maximum absolute atomic E-state index is 12.0. The normalized spacial score (nSPS) is 12.8. The summed E-state index contributed by atoms with van der Waals surface area (Å²) in [6.45, 7) is 1.28. The summed E-state index contributed by atoms with van der Waals surface area (Å²) in [4.78, 5) is 16.8. The predicted molar refractivity (Wildman–Crippen MR) is 145 cm³/mol. The molecule has 0 radical (unpaired) electrons. The van der Waals surface area contributed by atoms with Crippen LogP contribution in [0.4, 0.5) is 0 Å². The smallest absolute Gasteiger partial charge is 0.182 e. The van der Waals surface area contributed by atoms with Crippen LogP contribution in [0, 0.1) is 0 Å². The number of H-pyrrole nitrogens is 1. The van der Waals surface area contributed by atoms with Gasteiger partial charge >= 0.3 is 0 Å². The number of nitrogens with zero attached hydrogens (tertiary/aromatic N) is 2. The van der Waals surface area contributed by atoms with Gasteiger partial charge in [0.15, 0.2) is 28.2 Å². The van der Waals surface area contributed by atoms with Crippen LogP contribution in [-0.2, 0) is 19.9 Å². The quantitative estimate of drug-likeness (QED) is 0.325. The molecule has 0 bridgehead atoms. The van der Waals surface area contributed by atoms with Crippen LogP contribution >= 0.6 is 0 Å². The van der Waals surface area contributed by atoms with Gasteiger partial charge in [0.2, 0.25) is 0 Å². The second kappa shape index (κ2) is 8.69. The van der Waals surface area contributed by atoms with Gasteiger partial charge in [-0.3, -0.25) is 9.48 Å². The van der Waals surface area contributed by atoms with Gasteiger partial charge in [0, 0.05) is 48.5 Å². The number of hydrogen-bond donors (Lipinski definition) is 1. The molecule has 8 nitrogen and oxygen atoms in total. The number of benzene rings is 3. The largest absolute Gasteiger partial charge is 0.493 e. The van der Waals surface area contributed by atoms with E-state index in [1.54, 1.807) is 13.2 Å². The standard InChI is InChI=1S/C30H25N3O5/c1-33-30-22(16-31-33)27(29-28(32-30)21-6-5-20(34)15-25(21)38-29)19-4-8-24(26(14-19)35-2)37-11-9-17-3-7-23-18(13-17)10-12-36-23/h3-8,13-16,31H,9-12H2,1-2H3. The highest BCUT2D eigenvalue weighted by Crippen LogP contribution is 2.41. The van der Waals surface area contributed by atoms with Gasteiger partial charge in [0.1, 0.15) is 16.8 Å². The Kier molecular flexibility index (Phi) is 5.14. The van der Waals surface area contributed by atoms with Gasteiger partial charge in [-0.1, -0.05) is 18.2 Å². The molecule has 0 aliphatic carbocycles. The zero-order chi connectivity index (χ0) is 25.8. The second-order valence-corrected chi connectivity index (χ2v) is 9.50. The first-order valence-corrected chi connectivity index (χ1v) is 12.6. The fourth-order valence-corrected chi connectivity index (χ4v) is 5.26. The number of hydrogen-bond acceptors (Lipinski definition) is 6. The average Bonchev–Trinajstić information content (AvgIpc) is 3.64. The topological polar surface area (TPSA) is 91.5 Å². The Morgan fingerprint density at radius 3 is 2.87 bits per heavy atom. The maximum atomic E-state index is 12.0. The number of fused-ring (bicyclic) bond motifs is 5. The number of aromatic nitrogens is 3. The molecular weight excluding hydrogens is 482 g/mol. The van der Waals surface area contributed by atoms with Gasteiger partial charge in [-0.25, -0.2) is 4.98 Å². The van der Waals surface area contributed by atoms with Crippen molar-refractivity contribution in [1.29, 1.82) is 0 Å². The van der Waals surface area contributed by atoms with Gasteiger partial charge in [0.25, 0.3) is 0 Å². The molecule has 6 aromatic rings. The lowest BCUT2D eigenvalue weighted by atomic mass is 10.0. The van der Waals surface area contributed by atoms with E-state index >= 15 is 0 Å². The van der Waals surface area contributed by atoms with E-state index in [2.05, 4.69) is 17.2 Å². The fraction of sp³-hybridized carbons (Fsp3) is 0.200. The summed E-state index contributed by atoms with van der Waals surface area (Å²) in [5, 5.41) is 4.91. The average molecular weight is 508 g/mol. The van der Waals surface area contributed by atoms with Crippen LogP contribution < -0.4 is 19.6 Å². The van der Waals surface area contributed by atoms with Crippen molar-refractivity contribution in [2.75, 3.05) is 20.3 Å². The zero-order valence-electron chi connectivity index (χ0n) is 21.0. The minimum atomic E-state index is -0.104. The summed E-state index contributed by atoms with van der Waals surface area (Å²) in [5.74, 6) is 2.28. The highest BCUT2D eigenvalue weighted by Gasteiger charge is 2.21. The lowest BCUT2D eigenvalue weighted by Crippen LogP contribution is -2.03. The molecule has 1 N–H and O–H groups in total. The highest BCUT2D eigenvalue weighted by molar-refractivity contribution is 6.14. The molecule has 0 spiro atoms. The molecule has 3 aromatic heterocycles. The van der Waals surface area contributed by atoms with Crippen LogP contribution in [0.15, 0.2) is 70.0 Å². The van der Waals surface area contributed by atoms with Gasteiger partial charge in [-0.2, -0.15) is 0 Å². The monoisotopic (exact) mass is 507 g/mol. The van der Waals surface area contributed by atoms with Crippen molar-refractivity contribution in [2.24, 2.45) is 7.05 Å². The lowest BCUT2D eigenvalue weighted by Gasteiger charge is -2.13. The Morgan fingerprint density at radius 2 is 1.97 bits per heavy atom. The van der Waals surface area contributed by atoms with E-state index in [1.807, 2.05) is 42.2 Å². The Morgan fingerprint density at radius 1 is 1.05 bits per heavy atom. The van der Waals surface area contributed by atoms with E-state index in [4.69, 9.17) is 23.6 Å². The van der Waals surface area contributed by atoms with Gasteiger partial charge in [0.05, 0.1) is 20.3 Å². The molecule has 0 unspecified atom stereocenters. The van der Waals surface area contributed by atoms with Crippen LogP contribution in [0.25, 0.3) is 44.2 Å². The van der Waals surface area contributed by atoms with E-state index in [1.165, 1.54) is 23.3 Å². The van der Waals surface area contributed by atoms with Crippen LogP contribution in [-0.4, -0.2) is 35.1 Å². The number of rotatable bonds is 6. The van der Waals surface area contributed by atoms with Gasteiger partial charge in [-0.15, -0.1) is 0 Å². The summed E-state index contributed by atoms with van der Waals surface area (Å²) in [6, 6.07) is 17.0. The number of ether oxygens (including phenoxy) is 3. The number of methoxy groups -OCH3 is 1. The molecule has 0 amide bonds. The Labute approximate surface area is 217 Å². The highest BCUT2D eigenvalue weighted by atomic mass is 16.5. The van der Waals surface area contributed by atoms with E-state index in [-0.39, 0.29) is 5.43 Å². The molecule has 1 aliphatic rings. The Hall–Kier alpha value is -4.72. The molecule has 4 heterocycles. The third kappa shape index (κ3) is 3.60. The molecule has 3 aromatic carbocycles. The molecule has 0 fully saturated rings. The molecule has 8 heteroatoms. The van der Waals surface area contributed by atoms with Crippen LogP contribution in [0.5, 0.6) is 17.2 Å². The van der Waals surface area contributed by atoms with Gasteiger partial charge < -0.3 is 23.7 Å². The predicted octanol–water partition coefficient (Wildman–Crippen LogP) is 5.39. The number of aromatic amines is 1. The fourth-order valence-electron chi connectivity index (χ4n) is 5.26. The minimum Gasteiger partial charge on any atom is -0.493 e. The van der Waals surface area contributed by atoms with Crippen LogP contribution in [0.1, 0.15) is 11.1 Å². The third-order valence-electron chi connectivity index (χ3n) is 7.17. The Balaban J connectivity index is 1.26.